The Morgan fingerprint density at radius 2 is 2.04 bits per heavy atom. The summed E-state index contributed by atoms with van der Waals surface area (Å²) in [5.74, 6) is -0.454. The van der Waals surface area contributed by atoms with Crippen LogP contribution in [0.15, 0.2) is 54.7 Å². The fourth-order valence-corrected chi connectivity index (χ4v) is 3.29. The van der Waals surface area contributed by atoms with Crippen molar-refractivity contribution in [2.75, 3.05) is 5.32 Å². The van der Waals surface area contributed by atoms with Gasteiger partial charge in [0.05, 0.1) is 11.2 Å². The number of aryl methyl sites for hydroxylation is 1. The minimum absolute atomic E-state index is 0.222. The average Bonchev–Trinajstić information content (AvgIpc) is 3.08. The second kappa shape index (κ2) is 6.59. The molecule has 130 valence electrons. The Morgan fingerprint density at radius 3 is 2.85 bits per heavy atom. The molecule has 1 aromatic heterocycles. The van der Waals surface area contributed by atoms with E-state index in [1.54, 1.807) is 6.20 Å². The van der Waals surface area contributed by atoms with Crippen LogP contribution < -0.4 is 5.32 Å². The first-order valence-corrected chi connectivity index (χ1v) is 8.57. The summed E-state index contributed by atoms with van der Waals surface area (Å²) in [5, 5.41) is 3.92. The maximum absolute atomic E-state index is 13.0. The number of benzene rings is 2. The number of ether oxygens (including phenoxy) is 1. The van der Waals surface area contributed by atoms with Crippen LogP contribution in [0.3, 0.4) is 0 Å². The molecule has 1 aliphatic rings. The number of carbonyl (C=O) groups excluding carboxylic acids is 2. The third kappa shape index (κ3) is 3.04. The van der Waals surface area contributed by atoms with Crippen molar-refractivity contribution in [1.82, 2.24) is 4.98 Å². The second-order valence-electron chi connectivity index (χ2n) is 6.44. The number of para-hydroxylation sites is 1. The van der Waals surface area contributed by atoms with Crippen molar-refractivity contribution >= 4 is 28.5 Å². The van der Waals surface area contributed by atoms with Crippen LogP contribution in [0.2, 0.25) is 0 Å². The molecule has 0 aliphatic carbocycles. The quantitative estimate of drug-likeness (QED) is 0.723. The lowest BCUT2D eigenvalue weighted by Gasteiger charge is -2.16. The van der Waals surface area contributed by atoms with Crippen LogP contribution in [0.1, 0.15) is 40.4 Å². The van der Waals surface area contributed by atoms with E-state index in [2.05, 4.69) is 10.3 Å². The third-order valence-corrected chi connectivity index (χ3v) is 4.57. The number of nitrogens with zero attached hydrogens (tertiary/aromatic N) is 1. The number of hydrogen-bond donors (Lipinski definition) is 1. The first-order valence-electron chi connectivity index (χ1n) is 8.57. The van der Waals surface area contributed by atoms with E-state index in [0.717, 1.165) is 22.0 Å². The molecule has 1 saturated heterocycles. The van der Waals surface area contributed by atoms with Crippen molar-refractivity contribution in [3.8, 4) is 0 Å². The van der Waals surface area contributed by atoms with Crippen LogP contribution in [0.5, 0.6) is 0 Å². The number of carbonyl (C=O) groups is 2. The molecule has 0 bridgehead atoms. The number of esters is 1. The summed E-state index contributed by atoms with van der Waals surface area (Å²) in [6, 6.07) is 15.1. The van der Waals surface area contributed by atoms with E-state index >= 15 is 0 Å². The number of rotatable bonds is 3. The molecular weight excluding hydrogens is 328 g/mol. The number of cyclic esters (lactones) is 1. The zero-order valence-corrected chi connectivity index (χ0v) is 14.4. The highest BCUT2D eigenvalue weighted by molar-refractivity contribution is 6.09. The van der Waals surface area contributed by atoms with Crippen molar-refractivity contribution < 1.29 is 14.3 Å². The van der Waals surface area contributed by atoms with Crippen LogP contribution >= 0.6 is 0 Å². The summed E-state index contributed by atoms with van der Waals surface area (Å²) in [4.78, 5) is 28.8. The molecule has 1 unspecified atom stereocenters. The molecular formula is C21H18N2O3. The van der Waals surface area contributed by atoms with Gasteiger partial charge in [0, 0.05) is 29.1 Å². The molecule has 1 atom stereocenters. The van der Waals surface area contributed by atoms with Gasteiger partial charge in [-0.3, -0.25) is 14.6 Å². The number of fused-ring (bicyclic) bond motifs is 1. The molecule has 1 aliphatic heterocycles. The summed E-state index contributed by atoms with van der Waals surface area (Å²) in [5.41, 5.74) is 3.64. The van der Waals surface area contributed by atoms with E-state index < -0.39 is 0 Å². The van der Waals surface area contributed by atoms with Crippen molar-refractivity contribution in [3.05, 3.63) is 71.4 Å². The Balaban J connectivity index is 1.70. The molecule has 3 aromatic rings. The van der Waals surface area contributed by atoms with Crippen molar-refractivity contribution in [3.63, 3.8) is 0 Å². The van der Waals surface area contributed by atoms with Gasteiger partial charge in [-0.2, -0.15) is 0 Å². The largest absolute Gasteiger partial charge is 0.457 e. The van der Waals surface area contributed by atoms with Crippen molar-refractivity contribution in [2.45, 2.75) is 25.9 Å². The molecule has 5 heteroatoms. The SMILES string of the molecule is Cc1ccc(C2CCC(=O)O2)c(C(=O)Nc2cccc3cccnc23)c1. The first kappa shape index (κ1) is 16.3. The number of amides is 1. The lowest BCUT2D eigenvalue weighted by molar-refractivity contribution is -0.141. The Morgan fingerprint density at radius 1 is 1.19 bits per heavy atom. The summed E-state index contributed by atoms with van der Waals surface area (Å²) in [7, 11) is 0. The molecule has 1 N–H and O–H groups in total. The molecule has 0 saturated carbocycles. The topological polar surface area (TPSA) is 68.3 Å². The van der Waals surface area contributed by atoms with Gasteiger partial charge < -0.3 is 10.1 Å². The fourth-order valence-electron chi connectivity index (χ4n) is 3.29. The van der Waals surface area contributed by atoms with E-state index in [0.29, 0.717) is 24.1 Å². The minimum atomic E-state index is -0.366. The van der Waals surface area contributed by atoms with Gasteiger partial charge in [-0.1, -0.05) is 35.9 Å². The summed E-state index contributed by atoms with van der Waals surface area (Å²) in [6.07, 6.45) is 2.31. The van der Waals surface area contributed by atoms with Gasteiger partial charge in [-0.05, 0) is 31.5 Å². The average molecular weight is 346 g/mol. The lowest BCUT2D eigenvalue weighted by Crippen LogP contribution is -2.16. The predicted octanol–water partition coefficient (Wildman–Crippen LogP) is 4.17. The molecule has 2 aromatic carbocycles. The highest BCUT2D eigenvalue weighted by Gasteiger charge is 2.28. The first-order chi connectivity index (χ1) is 12.6. The van der Waals surface area contributed by atoms with E-state index in [4.69, 9.17) is 4.74 Å². The third-order valence-electron chi connectivity index (χ3n) is 4.57. The molecule has 4 rings (SSSR count). The van der Waals surface area contributed by atoms with Crippen molar-refractivity contribution in [2.24, 2.45) is 0 Å². The molecule has 2 heterocycles. The molecule has 5 nitrogen and oxygen atoms in total. The fraction of sp³-hybridized carbons (Fsp3) is 0.190. The predicted molar refractivity (Wildman–Crippen MR) is 98.9 cm³/mol. The number of pyridine rings is 1. The Kier molecular flexibility index (Phi) is 4.13. The molecule has 0 spiro atoms. The van der Waals surface area contributed by atoms with E-state index in [9.17, 15) is 9.59 Å². The van der Waals surface area contributed by atoms with Crippen LogP contribution in [-0.4, -0.2) is 16.9 Å². The van der Waals surface area contributed by atoms with Gasteiger partial charge in [-0.25, -0.2) is 0 Å². The van der Waals surface area contributed by atoms with E-state index in [1.165, 1.54) is 0 Å². The maximum atomic E-state index is 13.0. The standard InChI is InChI=1S/C21H18N2O3/c1-13-7-8-15(18-9-10-19(24)26-18)16(12-13)21(25)23-17-6-2-4-14-5-3-11-22-20(14)17/h2-8,11-12,18H,9-10H2,1H3,(H,23,25). The number of hydrogen-bond acceptors (Lipinski definition) is 4. The summed E-state index contributed by atoms with van der Waals surface area (Å²) >= 11 is 0. The smallest absolute Gasteiger partial charge is 0.306 e. The van der Waals surface area contributed by atoms with E-state index in [1.807, 2.05) is 55.5 Å². The second-order valence-corrected chi connectivity index (χ2v) is 6.44. The highest BCUT2D eigenvalue weighted by atomic mass is 16.5. The monoisotopic (exact) mass is 346 g/mol. The summed E-state index contributed by atoms with van der Waals surface area (Å²) < 4.78 is 5.37. The molecule has 0 radical (unpaired) electrons. The van der Waals surface area contributed by atoms with Gasteiger partial charge >= 0.3 is 5.97 Å². The van der Waals surface area contributed by atoms with Crippen LogP contribution in [-0.2, 0) is 9.53 Å². The molecule has 1 amide bonds. The Hall–Kier alpha value is -3.21. The number of aromatic nitrogens is 1. The van der Waals surface area contributed by atoms with Gasteiger partial charge in [0.1, 0.15) is 6.10 Å². The lowest BCUT2D eigenvalue weighted by atomic mass is 9.97. The van der Waals surface area contributed by atoms with Gasteiger partial charge in [0.25, 0.3) is 5.91 Å². The van der Waals surface area contributed by atoms with Gasteiger partial charge in [0.2, 0.25) is 0 Å². The van der Waals surface area contributed by atoms with E-state index in [-0.39, 0.29) is 18.0 Å². The highest BCUT2D eigenvalue weighted by Crippen LogP contribution is 2.32. The van der Waals surface area contributed by atoms with Crippen LogP contribution in [0.4, 0.5) is 5.69 Å². The normalized spacial score (nSPS) is 16.5. The maximum Gasteiger partial charge on any atom is 0.306 e. The van der Waals surface area contributed by atoms with Gasteiger partial charge in [0.15, 0.2) is 0 Å². The zero-order valence-electron chi connectivity index (χ0n) is 14.4. The Labute approximate surface area is 151 Å². The zero-order chi connectivity index (χ0) is 18.1. The summed E-state index contributed by atoms with van der Waals surface area (Å²) in [6.45, 7) is 1.93. The molecule has 26 heavy (non-hydrogen) atoms. The Bertz CT molecular complexity index is 1010. The molecule has 1 fully saturated rings. The van der Waals surface area contributed by atoms with Crippen LogP contribution in [0, 0.1) is 6.92 Å². The van der Waals surface area contributed by atoms with Gasteiger partial charge in [-0.15, -0.1) is 0 Å². The number of anilines is 1. The van der Waals surface area contributed by atoms with Crippen LogP contribution in [0.25, 0.3) is 10.9 Å². The number of nitrogens with one attached hydrogen (secondary N) is 1. The van der Waals surface area contributed by atoms with Crippen molar-refractivity contribution in [1.29, 1.82) is 0 Å². The minimum Gasteiger partial charge on any atom is -0.457 e.